The molecule has 2 amide bonds. The zero-order valence-electron chi connectivity index (χ0n) is 12.9. The lowest BCUT2D eigenvalue weighted by Gasteiger charge is -2.13. The molecular formula is C16H16ClN4O2S+. The van der Waals surface area contributed by atoms with Gasteiger partial charge < -0.3 is 15.5 Å². The minimum atomic E-state index is -0.245. The van der Waals surface area contributed by atoms with Crippen molar-refractivity contribution < 1.29 is 14.5 Å². The van der Waals surface area contributed by atoms with E-state index in [0.717, 1.165) is 4.90 Å². The van der Waals surface area contributed by atoms with Crippen molar-refractivity contribution in [3.05, 3.63) is 46.3 Å². The summed E-state index contributed by atoms with van der Waals surface area (Å²) in [4.78, 5) is 24.7. The van der Waals surface area contributed by atoms with Gasteiger partial charge in [0.2, 0.25) is 0 Å². The zero-order valence-corrected chi connectivity index (χ0v) is 14.5. The van der Waals surface area contributed by atoms with Crippen molar-refractivity contribution in [1.82, 2.24) is 0 Å². The largest absolute Gasteiger partial charge is 0.322 e. The third-order valence-corrected chi connectivity index (χ3v) is 4.17. The average Bonchev–Trinajstić information content (AvgIpc) is 2.96. The number of carbonyl (C=O) groups is 2. The molecule has 0 bridgehead atoms. The fraction of sp³-hybridized carbons (Fsp3) is 0.188. The highest BCUT2D eigenvalue weighted by atomic mass is 35.5. The Labute approximate surface area is 148 Å². The Bertz CT molecular complexity index is 767. The Morgan fingerprint density at radius 1 is 1.17 bits per heavy atom. The molecule has 2 rings (SSSR count). The number of halogens is 1. The summed E-state index contributed by atoms with van der Waals surface area (Å²) in [7, 11) is 1.75. The van der Waals surface area contributed by atoms with Crippen LogP contribution in [-0.4, -0.2) is 32.0 Å². The lowest BCUT2D eigenvalue weighted by molar-refractivity contribution is -0.862. The van der Waals surface area contributed by atoms with Gasteiger partial charge in [-0.2, -0.15) is 5.26 Å². The van der Waals surface area contributed by atoms with Crippen molar-refractivity contribution in [2.75, 3.05) is 30.8 Å². The predicted octanol–water partition coefficient (Wildman–Crippen LogP) is 1.37. The topological polar surface area (TPSA) is 86.4 Å². The molecule has 1 unspecified atom stereocenters. The van der Waals surface area contributed by atoms with Crippen LogP contribution in [0.3, 0.4) is 0 Å². The van der Waals surface area contributed by atoms with Crippen LogP contribution >= 0.6 is 22.9 Å². The van der Waals surface area contributed by atoms with Gasteiger partial charge >= 0.3 is 0 Å². The number of quaternary nitrogens is 1. The second-order valence-corrected chi connectivity index (χ2v) is 6.54. The molecule has 3 N–H and O–H groups in total. The molecule has 0 saturated carbocycles. The summed E-state index contributed by atoms with van der Waals surface area (Å²) in [6.45, 7) is 0.266. The lowest BCUT2D eigenvalue weighted by atomic mass is 10.3. The molecule has 0 aliphatic heterocycles. The van der Waals surface area contributed by atoms with E-state index >= 15 is 0 Å². The fourth-order valence-corrected chi connectivity index (χ4v) is 2.89. The molecule has 1 atom stereocenters. The summed E-state index contributed by atoms with van der Waals surface area (Å²) in [5.41, 5.74) is 1.09. The zero-order chi connectivity index (χ0) is 17.5. The molecule has 124 valence electrons. The first-order valence-corrected chi connectivity index (χ1v) is 8.38. The molecule has 6 nitrogen and oxygen atoms in total. The second-order valence-electron chi connectivity index (χ2n) is 5.19. The quantitative estimate of drug-likeness (QED) is 0.724. The number of nitrogens with one attached hydrogen (secondary N) is 3. The highest BCUT2D eigenvalue weighted by Crippen LogP contribution is 2.21. The van der Waals surface area contributed by atoms with Crippen LogP contribution in [0.25, 0.3) is 0 Å². The number of nitriles is 1. The van der Waals surface area contributed by atoms with Gasteiger partial charge in [-0.1, -0.05) is 11.6 Å². The van der Waals surface area contributed by atoms with Crippen molar-refractivity contribution in [1.29, 1.82) is 5.26 Å². The van der Waals surface area contributed by atoms with Crippen molar-refractivity contribution in [2.45, 2.75) is 0 Å². The maximum atomic E-state index is 12.0. The van der Waals surface area contributed by atoms with E-state index in [2.05, 4.69) is 10.6 Å². The number of thiophene rings is 1. The maximum absolute atomic E-state index is 12.0. The molecule has 0 radical (unpaired) electrons. The SMILES string of the molecule is C[NH+](CC(=O)Nc1ccc(Cl)cc1)CC(=O)Nc1sccc1C#N. The van der Waals surface area contributed by atoms with Crippen LogP contribution in [-0.2, 0) is 9.59 Å². The minimum absolute atomic E-state index is 0.122. The summed E-state index contributed by atoms with van der Waals surface area (Å²) in [5.74, 6) is -0.442. The number of hydrogen-bond donors (Lipinski definition) is 3. The van der Waals surface area contributed by atoms with E-state index in [1.54, 1.807) is 42.8 Å². The first-order valence-electron chi connectivity index (χ1n) is 7.12. The van der Waals surface area contributed by atoms with Crippen LogP contribution in [0.5, 0.6) is 0 Å². The minimum Gasteiger partial charge on any atom is -0.322 e. The number of likely N-dealkylation sites (N-methyl/N-ethyl adjacent to an activating group) is 1. The van der Waals surface area contributed by atoms with Crippen LogP contribution in [0, 0.1) is 11.3 Å². The second kappa shape index (κ2) is 8.45. The van der Waals surface area contributed by atoms with E-state index in [4.69, 9.17) is 16.9 Å². The molecule has 0 saturated heterocycles. The van der Waals surface area contributed by atoms with Crippen LogP contribution < -0.4 is 15.5 Å². The number of rotatable bonds is 6. The molecule has 0 aliphatic rings. The Hall–Kier alpha value is -2.40. The molecule has 0 aliphatic carbocycles. The first-order chi connectivity index (χ1) is 11.5. The first kappa shape index (κ1) is 17.9. The van der Waals surface area contributed by atoms with E-state index < -0.39 is 0 Å². The number of carbonyl (C=O) groups excluding carboxylic acids is 2. The Morgan fingerprint density at radius 2 is 1.79 bits per heavy atom. The fourth-order valence-electron chi connectivity index (χ4n) is 2.01. The van der Waals surface area contributed by atoms with Gasteiger partial charge in [-0.05, 0) is 35.7 Å². The van der Waals surface area contributed by atoms with Crippen molar-refractivity contribution in [3.8, 4) is 6.07 Å². The number of anilines is 2. The highest BCUT2D eigenvalue weighted by Gasteiger charge is 2.16. The summed E-state index contributed by atoms with van der Waals surface area (Å²) in [5, 5.41) is 17.2. The van der Waals surface area contributed by atoms with Crippen molar-refractivity contribution in [3.63, 3.8) is 0 Å². The smallest absolute Gasteiger partial charge is 0.280 e. The van der Waals surface area contributed by atoms with Crippen LogP contribution in [0.15, 0.2) is 35.7 Å². The molecule has 1 heterocycles. The molecule has 1 aromatic heterocycles. The maximum Gasteiger partial charge on any atom is 0.280 e. The summed E-state index contributed by atoms with van der Waals surface area (Å²) < 4.78 is 0. The van der Waals surface area contributed by atoms with Gasteiger partial charge in [0.15, 0.2) is 13.1 Å². The lowest BCUT2D eigenvalue weighted by Crippen LogP contribution is -3.11. The van der Waals surface area contributed by atoms with E-state index in [1.165, 1.54) is 11.3 Å². The van der Waals surface area contributed by atoms with Crippen LogP contribution in [0.4, 0.5) is 10.7 Å². The van der Waals surface area contributed by atoms with Gasteiger partial charge in [-0.25, -0.2) is 0 Å². The molecular weight excluding hydrogens is 348 g/mol. The highest BCUT2D eigenvalue weighted by molar-refractivity contribution is 7.14. The van der Waals surface area contributed by atoms with Gasteiger partial charge in [-0.15, -0.1) is 11.3 Å². The Kier molecular flexibility index (Phi) is 6.32. The predicted molar refractivity (Wildman–Crippen MR) is 94.4 cm³/mol. The normalized spacial score (nSPS) is 11.4. The molecule has 2 aromatic rings. The van der Waals surface area contributed by atoms with E-state index in [1.807, 2.05) is 6.07 Å². The van der Waals surface area contributed by atoms with Gasteiger partial charge in [0.05, 0.1) is 12.6 Å². The Balaban J connectivity index is 1.80. The van der Waals surface area contributed by atoms with Crippen molar-refractivity contribution >= 4 is 45.4 Å². The van der Waals surface area contributed by atoms with E-state index in [0.29, 0.717) is 21.3 Å². The van der Waals surface area contributed by atoms with Gasteiger partial charge in [0, 0.05) is 10.7 Å². The molecule has 0 spiro atoms. The monoisotopic (exact) mass is 363 g/mol. The number of amides is 2. The summed E-state index contributed by atoms with van der Waals surface area (Å²) in [6, 6.07) is 10.5. The Morgan fingerprint density at radius 3 is 2.42 bits per heavy atom. The summed E-state index contributed by atoms with van der Waals surface area (Å²) in [6.07, 6.45) is 0. The van der Waals surface area contributed by atoms with Crippen LogP contribution in [0.2, 0.25) is 5.02 Å². The van der Waals surface area contributed by atoms with Gasteiger partial charge in [0.25, 0.3) is 11.8 Å². The van der Waals surface area contributed by atoms with E-state index in [9.17, 15) is 9.59 Å². The standard InChI is InChI=1S/C16H15ClN4O2S/c1-21(9-14(22)19-13-4-2-12(17)3-5-13)10-15(23)20-16-11(8-18)6-7-24-16/h2-7H,9-10H2,1H3,(H,19,22)(H,20,23)/p+1. The molecule has 0 fully saturated rings. The number of nitrogens with zero attached hydrogens (tertiary/aromatic N) is 1. The third-order valence-electron chi connectivity index (χ3n) is 3.09. The number of benzene rings is 1. The van der Waals surface area contributed by atoms with Crippen LogP contribution in [0.1, 0.15) is 5.56 Å². The summed E-state index contributed by atoms with van der Waals surface area (Å²) >= 11 is 7.08. The van der Waals surface area contributed by atoms with Gasteiger partial charge in [-0.3, -0.25) is 9.59 Å². The average molecular weight is 364 g/mol. The van der Waals surface area contributed by atoms with Gasteiger partial charge in [0.1, 0.15) is 11.1 Å². The third kappa shape index (κ3) is 5.35. The van der Waals surface area contributed by atoms with Crippen molar-refractivity contribution in [2.24, 2.45) is 0 Å². The number of hydrogen-bond acceptors (Lipinski definition) is 4. The molecule has 24 heavy (non-hydrogen) atoms. The molecule has 1 aromatic carbocycles. The molecule has 8 heteroatoms. The van der Waals surface area contributed by atoms with E-state index in [-0.39, 0.29) is 24.9 Å².